The molecular weight excluding hydrogens is 276 g/mol. The molecule has 0 aliphatic rings. The van der Waals surface area contributed by atoms with E-state index >= 15 is 0 Å². The van der Waals surface area contributed by atoms with E-state index in [9.17, 15) is 8.42 Å². The summed E-state index contributed by atoms with van der Waals surface area (Å²) in [5.41, 5.74) is 1.82. The molecule has 2 aromatic carbocycles. The monoisotopic (exact) mass is 290 g/mol. The normalized spacial score (nSPS) is 11.1. The molecule has 0 saturated carbocycles. The molecule has 0 fully saturated rings. The van der Waals surface area contributed by atoms with Crippen molar-refractivity contribution in [2.24, 2.45) is 0 Å². The second-order valence-corrected chi connectivity index (χ2v) is 5.60. The number of hydrogen-bond acceptors (Lipinski definition) is 3. The SMILES string of the molecule is C=Cc1ccc(OCc2ccc(S(=O)(=O)O)cc2)cc1. The standard InChI is InChI=1S/C15H14O4S/c1-2-12-3-7-14(8-4-12)19-11-13-5-9-15(10-6-13)20(16,17)18/h2-10H,1,11H2,(H,16,17,18). The molecule has 0 aliphatic carbocycles. The van der Waals surface area contributed by atoms with Gasteiger partial charge >= 0.3 is 0 Å². The minimum Gasteiger partial charge on any atom is -0.489 e. The molecule has 0 amide bonds. The second-order valence-electron chi connectivity index (χ2n) is 4.18. The lowest BCUT2D eigenvalue weighted by Crippen LogP contribution is -1.99. The first kappa shape index (κ1) is 14.3. The smallest absolute Gasteiger partial charge is 0.294 e. The second kappa shape index (κ2) is 5.90. The number of hydrogen-bond donors (Lipinski definition) is 1. The molecule has 5 heteroatoms. The van der Waals surface area contributed by atoms with Crippen LogP contribution in [0.5, 0.6) is 5.75 Å². The van der Waals surface area contributed by atoms with Crippen molar-refractivity contribution in [2.45, 2.75) is 11.5 Å². The van der Waals surface area contributed by atoms with Crippen LogP contribution in [-0.2, 0) is 16.7 Å². The number of benzene rings is 2. The van der Waals surface area contributed by atoms with E-state index in [-0.39, 0.29) is 4.90 Å². The van der Waals surface area contributed by atoms with Crippen LogP contribution in [0, 0.1) is 0 Å². The van der Waals surface area contributed by atoms with Gasteiger partial charge in [-0.15, -0.1) is 0 Å². The van der Waals surface area contributed by atoms with Crippen LogP contribution in [0.3, 0.4) is 0 Å². The molecule has 0 saturated heterocycles. The van der Waals surface area contributed by atoms with E-state index in [1.165, 1.54) is 12.1 Å². The maximum absolute atomic E-state index is 10.9. The van der Waals surface area contributed by atoms with Gasteiger partial charge < -0.3 is 4.74 Å². The molecule has 1 N–H and O–H groups in total. The van der Waals surface area contributed by atoms with Crippen LogP contribution >= 0.6 is 0 Å². The van der Waals surface area contributed by atoms with Crippen LogP contribution in [0.1, 0.15) is 11.1 Å². The fraction of sp³-hybridized carbons (Fsp3) is 0.0667. The van der Waals surface area contributed by atoms with Gasteiger partial charge in [0.05, 0.1) is 4.90 Å². The molecule has 20 heavy (non-hydrogen) atoms. The van der Waals surface area contributed by atoms with Crippen molar-refractivity contribution in [1.29, 1.82) is 0 Å². The predicted molar refractivity (Wildman–Crippen MR) is 77.1 cm³/mol. The van der Waals surface area contributed by atoms with Gasteiger partial charge in [-0.05, 0) is 35.4 Å². The maximum atomic E-state index is 10.9. The van der Waals surface area contributed by atoms with E-state index in [0.29, 0.717) is 6.61 Å². The summed E-state index contributed by atoms with van der Waals surface area (Å²) in [6.07, 6.45) is 1.75. The predicted octanol–water partition coefficient (Wildman–Crippen LogP) is 3.16. The van der Waals surface area contributed by atoms with Crippen molar-refractivity contribution in [1.82, 2.24) is 0 Å². The lowest BCUT2D eigenvalue weighted by molar-refractivity contribution is 0.306. The summed E-state index contributed by atoms with van der Waals surface area (Å²) in [5.74, 6) is 0.717. The van der Waals surface area contributed by atoms with Gasteiger partial charge in [-0.1, -0.05) is 36.9 Å². The van der Waals surface area contributed by atoms with Crippen LogP contribution in [0.4, 0.5) is 0 Å². The van der Waals surface area contributed by atoms with Gasteiger partial charge in [-0.2, -0.15) is 8.42 Å². The van der Waals surface area contributed by atoms with Crippen LogP contribution < -0.4 is 4.74 Å². The molecule has 0 spiro atoms. The third-order valence-electron chi connectivity index (χ3n) is 2.74. The minimum atomic E-state index is -4.14. The maximum Gasteiger partial charge on any atom is 0.294 e. The fourth-order valence-corrected chi connectivity index (χ4v) is 2.10. The Morgan fingerprint density at radius 1 is 1.05 bits per heavy atom. The molecule has 2 rings (SSSR count). The minimum absolute atomic E-state index is 0.128. The van der Waals surface area contributed by atoms with Gasteiger partial charge in [0, 0.05) is 0 Å². The number of ether oxygens (including phenoxy) is 1. The van der Waals surface area contributed by atoms with Crippen molar-refractivity contribution >= 4 is 16.2 Å². The molecule has 0 heterocycles. The Balaban J connectivity index is 2.01. The van der Waals surface area contributed by atoms with Crippen LogP contribution in [0.15, 0.2) is 60.0 Å². The quantitative estimate of drug-likeness (QED) is 0.859. The number of rotatable bonds is 5. The van der Waals surface area contributed by atoms with E-state index < -0.39 is 10.1 Å². The zero-order valence-electron chi connectivity index (χ0n) is 10.7. The largest absolute Gasteiger partial charge is 0.489 e. The molecule has 4 nitrogen and oxygen atoms in total. The van der Waals surface area contributed by atoms with Crippen LogP contribution in [-0.4, -0.2) is 13.0 Å². The molecule has 0 aromatic heterocycles. The zero-order valence-corrected chi connectivity index (χ0v) is 11.5. The Labute approximate surface area is 118 Å². The van der Waals surface area contributed by atoms with Crippen molar-refractivity contribution < 1.29 is 17.7 Å². The summed E-state index contributed by atoms with van der Waals surface area (Å²) in [6, 6.07) is 13.3. The Morgan fingerprint density at radius 3 is 2.15 bits per heavy atom. The van der Waals surface area contributed by atoms with Gasteiger partial charge in [-0.3, -0.25) is 4.55 Å². The summed E-state index contributed by atoms with van der Waals surface area (Å²) in [7, 11) is -4.14. The molecule has 0 bridgehead atoms. The van der Waals surface area contributed by atoms with Crippen molar-refractivity contribution in [3.63, 3.8) is 0 Å². The fourth-order valence-electron chi connectivity index (χ4n) is 1.62. The van der Waals surface area contributed by atoms with Crippen LogP contribution in [0.25, 0.3) is 6.08 Å². The van der Waals surface area contributed by atoms with Gasteiger partial charge in [0.15, 0.2) is 0 Å². The molecule has 0 radical (unpaired) electrons. The average molecular weight is 290 g/mol. The Bertz CT molecular complexity index is 686. The van der Waals surface area contributed by atoms with E-state index in [1.54, 1.807) is 18.2 Å². The molecule has 0 aliphatic heterocycles. The van der Waals surface area contributed by atoms with Crippen molar-refractivity contribution in [2.75, 3.05) is 0 Å². The molecule has 0 unspecified atom stereocenters. The molecule has 2 aromatic rings. The van der Waals surface area contributed by atoms with E-state index in [4.69, 9.17) is 9.29 Å². The first-order valence-electron chi connectivity index (χ1n) is 5.91. The highest BCUT2D eigenvalue weighted by Gasteiger charge is 2.08. The lowest BCUT2D eigenvalue weighted by Gasteiger charge is -2.07. The van der Waals surface area contributed by atoms with Gasteiger partial charge in [0.25, 0.3) is 10.1 Å². The highest BCUT2D eigenvalue weighted by molar-refractivity contribution is 7.85. The summed E-state index contributed by atoms with van der Waals surface area (Å²) in [5, 5.41) is 0. The van der Waals surface area contributed by atoms with Crippen molar-refractivity contribution in [3.8, 4) is 5.75 Å². The van der Waals surface area contributed by atoms with Gasteiger partial charge in [-0.25, -0.2) is 0 Å². The zero-order chi connectivity index (χ0) is 14.6. The van der Waals surface area contributed by atoms with Crippen molar-refractivity contribution in [3.05, 3.63) is 66.2 Å². The summed E-state index contributed by atoms with van der Waals surface area (Å²) in [4.78, 5) is -0.128. The van der Waals surface area contributed by atoms with Crippen LogP contribution in [0.2, 0.25) is 0 Å². The topological polar surface area (TPSA) is 63.6 Å². The van der Waals surface area contributed by atoms with Gasteiger partial charge in [0.1, 0.15) is 12.4 Å². The molecule has 104 valence electrons. The summed E-state index contributed by atoms with van der Waals surface area (Å²) in [6.45, 7) is 3.99. The molecule has 0 atom stereocenters. The molecular formula is C15H14O4S. The summed E-state index contributed by atoms with van der Waals surface area (Å²) < 4.78 is 36.2. The summed E-state index contributed by atoms with van der Waals surface area (Å²) >= 11 is 0. The van der Waals surface area contributed by atoms with Gasteiger partial charge in [0.2, 0.25) is 0 Å². The third kappa shape index (κ3) is 3.69. The Kier molecular flexibility index (Phi) is 4.22. The first-order chi connectivity index (χ1) is 9.49. The van der Waals surface area contributed by atoms with E-state index in [1.807, 2.05) is 24.3 Å². The lowest BCUT2D eigenvalue weighted by atomic mass is 10.2. The Hall–Kier alpha value is -2.11. The van der Waals surface area contributed by atoms with E-state index in [0.717, 1.165) is 16.9 Å². The average Bonchev–Trinajstić information content (AvgIpc) is 2.45. The first-order valence-corrected chi connectivity index (χ1v) is 7.35. The highest BCUT2D eigenvalue weighted by Crippen LogP contribution is 2.16. The Morgan fingerprint density at radius 2 is 1.65 bits per heavy atom. The van der Waals surface area contributed by atoms with E-state index in [2.05, 4.69) is 6.58 Å². The third-order valence-corrected chi connectivity index (χ3v) is 3.61. The highest BCUT2D eigenvalue weighted by atomic mass is 32.2.